The fourth-order valence-electron chi connectivity index (χ4n) is 6.39. The van der Waals surface area contributed by atoms with Crippen LogP contribution in [0.25, 0.3) is 11.1 Å². The van der Waals surface area contributed by atoms with Gasteiger partial charge in [-0.1, -0.05) is 63.9 Å². The van der Waals surface area contributed by atoms with Crippen LogP contribution in [0.1, 0.15) is 128 Å². The first-order chi connectivity index (χ1) is 22.0. The van der Waals surface area contributed by atoms with E-state index in [0.717, 1.165) is 68.8 Å². The Morgan fingerprint density at radius 2 is 1.74 bits per heavy atom. The fraction of sp³-hybridized carbons (Fsp3) is 0.632. The van der Waals surface area contributed by atoms with Crippen LogP contribution in [-0.4, -0.2) is 43.7 Å². The smallest absolute Gasteiger partial charge is 0.119 e. The van der Waals surface area contributed by atoms with Gasteiger partial charge in [0.1, 0.15) is 18.2 Å². The van der Waals surface area contributed by atoms with Crippen molar-refractivity contribution in [1.29, 1.82) is 0 Å². The number of hydrogen-bond acceptors (Lipinski definition) is 5. The second-order valence-corrected chi connectivity index (χ2v) is 14.1. The molecule has 1 unspecified atom stereocenters. The van der Waals surface area contributed by atoms with Crippen LogP contribution in [-0.2, 0) is 20.7 Å². The molecule has 1 saturated heterocycles. The van der Waals surface area contributed by atoms with E-state index in [1.165, 1.54) is 49.7 Å². The topological polar surface area (TPSA) is 98.5 Å². The minimum Gasteiger partial charge on any atom is -0.308 e. The zero-order valence-electron chi connectivity index (χ0n) is 28.6. The summed E-state index contributed by atoms with van der Waals surface area (Å²) in [7, 11) is 1.05. The number of amides is 1. The number of halogens is 1. The summed E-state index contributed by atoms with van der Waals surface area (Å²) in [5, 5.41) is 3.42. The van der Waals surface area contributed by atoms with E-state index in [9.17, 15) is 18.7 Å². The van der Waals surface area contributed by atoms with Crippen molar-refractivity contribution in [1.82, 2.24) is 5.32 Å². The maximum absolute atomic E-state index is 12.8. The summed E-state index contributed by atoms with van der Waals surface area (Å²) in [4.78, 5) is 20.8. The van der Waals surface area contributed by atoms with Gasteiger partial charge in [-0.25, -0.2) is 4.39 Å². The largest absolute Gasteiger partial charge is 0.308 e. The van der Waals surface area contributed by atoms with Crippen LogP contribution in [0.4, 0.5) is 4.39 Å². The normalized spacial score (nSPS) is 20.3. The van der Waals surface area contributed by atoms with Gasteiger partial charge in [0, 0.05) is 24.1 Å². The monoisotopic (exact) mass is 634 g/mol. The summed E-state index contributed by atoms with van der Waals surface area (Å²) in [6.45, 7) is 8.96. The van der Waals surface area contributed by atoms with Gasteiger partial charge in [0.15, 0.2) is 0 Å². The molecule has 2 aromatic carbocycles. The number of alkyl halides is 1. The molecule has 3 saturated carbocycles. The molecule has 3 N–H and O–H groups in total. The van der Waals surface area contributed by atoms with E-state index >= 15 is 0 Å². The second-order valence-electron chi connectivity index (χ2n) is 14.1. The number of unbranched alkanes of at least 4 members (excludes halogenated alkanes) is 1. The van der Waals surface area contributed by atoms with Crippen molar-refractivity contribution in [2.24, 2.45) is 5.73 Å². The van der Waals surface area contributed by atoms with Crippen molar-refractivity contribution < 1.29 is 23.4 Å². The average molecular weight is 635 g/mol. The van der Waals surface area contributed by atoms with Crippen molar-refractivity contribution >= 4 is 19.3 Å². The maximum atomic E-state index is 12.8. The van der Waals surface area contributed by atoms with Crippen LogP contribution < -0.4 is 15.8 Å². The molecule has 1 spiro atoms. The standard InChI is InChI=1S/C22H27NO2.C8H14FN.C4H7BO.C4H8O/c1-15(2)18-9-5-6-10-19(18)20-13-16(14-22(23)24)11-12-21(20)25-17-7-3-4-8-17;9-7-5-8(10-6-7)3-1-2-4-8;1-4(5-6)2-3-4;1-2-3-4-5/h5-6,9-13,15,17H,3-4,7-8,14H2,1-2H3,(H2,23,24);7,10H,1-6H2;2-3H2,1H3;4H,2-3H2,1H3. The minimum absolute atomic E-state index is 0.111. The molecule has 0 radical (unpaired) electrons. The molecule has 3 aliphatic carbocycles. The molecule has 1 aliphatic heterocycles. The van der Waals surface area contributed by atoms with Crippen molar-refractivity contribution in [2.75, 3.05) is 6.54 Å². The molecule has 1 atom stereocenters. The van der Waals surface area contributed by atoms with Gasteiger partial charge < -0.3 is 20.6 Å². The molecule has 1 heterocycles. The number of hydrogen-bond donors (Lipinski definition) is 2. The Bertz CT molecular complexity index is 1250. The predicted molar refractivity (Wildman–Crippen MR) is 185 cm³/mol. The Hall–Kier alpha value is -2.87. The summed E-state index contributed by atoms with van der Waals surface area (Å²) in [5.41, 5.74) is 10.1. The number of ether oxygens (including phenoxy) is 1. The first-order valence-electron chi connectivity index (χ1n) is 17.5. The Balaban J connectivity index is 0.000000221. The molecule has 4 aliphatic rings. The Labute approximate surface area is 277 Å². The quantitative estimate of drug-likeness (QED) is 0.213. The summed E-state index contributed by atoms with van der Waals surface area (Å²) in [6.07, 6.45) is 15.3. The molecule has 6 rings (SSSR count). The summed E-state index contributed by atoms with van der Waals surface area (Å²) in [5.74, 6) is 1.01. The van der Waals surface area contributed by atoms with Crippen molar-refractivity contribution in [2.45, 2.75) is 147 Å². The number of rotatable bonds is 9. The van der Waals surface area contributed by atoms with Crippen LogP contribution in [0.2, 0.25) is 5.31 Å². The Morgan fingerprint density at radius 3 is 2.22 bits per heavy atom. The predicted octanol–water partition coefficient (Wildman–Crippen LogP) is 8.45. The molecule has 0 aromatic heterocycles. The number of carbonyl (C=O) groups excluding carboxylic acids is 2. The van der Waals surface area contributed by atoms with Gasteiger partial charge in [0.2, 0.25) is 5.91 Å². The van der Waals surface area contributed by atoms with E-state index < -0.39 is 6.17 Å². The van der Waals surface area contributed by atoms with E-state index in [4.69, 9.17) is 10.5 Å². The zero-order valence-corrected chi connectivity index (χ0v) is 28.6. The van der Waals surface area contributed by atoms with Gasteiger partial charge in [0.05, 0.1) is 12.5 Å². The number of benzene rings is 2. The Kier molecular flexibility index (Phi) is 15.1. The molecular formula is C38H56BFN2O4. The van der Waals surface area contributed by atoms with Gasteiger partial charge in [-0.05, 0) is 86.1 Å². The van der Waals surface area contributed by atoms with Gasteiger partial charge in [-0.2, -0.15) is 0 Å². The average Bonchev–Trinajstić information content (AvgIpc) is 3.40. The van der Waals surface area contributed by atoms with Crippen LogP contribution in [0.3, 0.4) is 0 Å². The maximum Gasteiger partial charge on any atom is 0.119 e. The van der Waals surface area contributed by atoms with Gasteiger partial charge >= 0.3 is 36.9 Å². The first-order valence-corrected chi connectivity index (χ1v) is 17.5. The van der Waals surface area contributed by atoms with Crippen LogP contribution in [0.5, 0.6) is 5.75 Å². The van der Waals surface area contributed by atoms with Crippen LogP contribution in [0, 0.1) is 0 Å². The minimum atomic E-state index is -0.571. The molecule has 0 bridgehead atoms. The SMILES string of the molecule is CC(C)c1ccccc1-c1cc(CC(N)=O)ccc1OC1CCCC1.CC1(B=O)CC1.CCCC=O.FC1CNC2(CCCC2)C1. The summed E-state index contributed by atoms with van der Waals surface area (Å²) >= 11 is 0. The molecular weight excluding hydrogens is 578 g/mol. The molecule has 2 aromatic rings. The molecule has 6 nitrogen and oxygen atoms in total. The van der Waals surface area contributed by atoms with Crippen molar-refractivity contribution in [3.63, 3.8) is 0 Å². The molecule has 46 heavy (non-hydrogen) atoms. The van der Waals surface area contributed by atoms with E-state index in [0.29, 0.717) is 25.0 Å². The third-order valence-corrected chi connectivity index (χ3v) is 9.49. The molecule has 1 amide bonds. The van der Waals surface area contributed by atoms with Gasteiger partial charge in [-0.3, -0.25) is 4.79 Å². The third kappa shape index (κ3) is 12.1. The van der Waals surface area contributed by atoms with Crippen molar-refractivity contribution in [3.05, 3.63) is 53.6 Å². The number of nitrogens with two attached hydrogens (primary N) is 1. The summed E-state index contributed by atoms with van der Waals surface area (Å²) < 4.78 is 29.0. The van der Waals surface area contributed by atoms with E-state index in [1.807, 2.05) is 26.0 Å². The summed E-state index contributed by atoms with van der Waals surface area (Å²) in [6, 6.07) is 14.5. The Morgan fingerprint density at radius 1 is 1.07 bits per heavy atom. The zero-order chi connectivity index (χ0) is 33.6. The number of nitrogens with one attached hydrogen (secondary N) is 1. The third-order valence-electron chi connectivity index (χ3n) is 9.49. The van der Waals surface area contributed by atoms with Crippen LogP contribution >= 0.6 is 0 Å². The number of aldehydes is 1. The fourth-order valence-corrected chi connectivity index (χ4v) is 6.39. The van der Waals surface area contributed by atoms with E-state index in [1.54, 1.807) is 0 Å². The van der Waals surface area contributed by atoms with Gasteiger partial charge in [0.25, 0.3) is 0 Å². The molecule has 252 valence electrons. The number of primary amides is 1. The second kappa shape index (κ2) is 18.5. The van der Waals surface area contributed by atoms with Crippen LogP contribution in [0.15, 0.2) is 42.5 Å². The molecule has 8 heteroatoms. The molecule has 4 fully saturated rings. The number of carbonyl (C=O) groups is 2. The van der Waals surface area contributed by atoms with E-state index in [2.05, 4.69) is 49.5 Å². The van der Waals surface area contributed by atoms with E-state index in [-0.39, 0.29) is 23.2 Å². The first kappa shape index (κ1) is 37.6. The van der Waals surface area contributed by atoms with Crippen molar-refractivity contribution in [3.8, 4) is 16.9 Å². The van der Waals surface area contributed by atoms with Gasteiger partial charge in [-0.15, -0.1) is 0 Å².